The second-order valence-corrected chi connectivity index (χ2v) is 7.83. The number of esters is 1. The molecular formula is C23H44O4. The lowest BCUT2D eigenvalue weighted by Gasteiger charge is -2.04. The van der Waals surface area contributed by atoms with Gasteiger partial charge < -0.3 is 9.84 Å². The van der Waals surface area contributed by atoms with Gasteiger partial charge in [-0.05, 0) is 12.8 Å². The predicted molar refractivity (Wildman–Crippen MR) is 112 cm³/mol. The van der Waals surface area contributed by atoms with Crippen molar-refractivity contribution in [3.63, 3.8) is 0 Å². The van der Waals surface area contributed by atoms with Crippen LogP contribution < -0.4 is 0 Å². The van der Waals surface area contributed by atoms with Crippen molar-refractivity contribution in [2.45, 2.75) is 128 Å². The highest BCUT2D eigenvalue weighted by molar-refractivity contribution is 5.69. The second kappa shape index (κ2) is 21.2. The number of carbonyl (C=O) groups excluding carboxylic acids is 1. The van der Waals surface area contributed by atoms with Gasteiger partial charge in [-0.3, -0.25) is 9.59 Å². The Hall–Kier alpha value is -1.06. The minimum atomic E-state index is -0.664. The van der Waals surface area contributed by atoms with Crippen LogP contribution in [0.5, 0.6) is 0 Å². The number of carbonyl (C=O) groups is 2. The predicted octanol–water partition coefficient (Wildman–Crippen LogP) is 7.05. The summed E-state index contributed by atoms with van der Waals surface area (Å²) in [5.74, 6) is -0.745. The highest BCUT2D eigenvalue weighted by Gasteiger charge is 1.99. The normalized spacial score (nSPS) is 10.9. The van der Waals surface area contributed by atoms with Crippen LogP contribution in [0, 0.1) is 0 Å². The minimum absolute atomic E-state index is 0.0806. The summed E-state index contributed by atoms with van der Waals surface area (Å²) >= 11 is 0. The van der Waals surface area contributed by atoms with Crippen molar-refractivity contribution in [3.8, 4) is 0 Å². The lowest BCUT2D eigenvalue weighted by atomic mass is 10.0. The summed E-state index contributed by atoms with van der Waals surface area (Å²) in [4.78, 5) is 21.4. The van der Waals surface area contributed by atoms with Crippen molar-refractivity contribution in [1.29, 1.82) is 0 Å². The van der Waals surface area contributed by atoms with E-state index in [0.29, 0.717) is 12.8 Å². The highest BCUT2D eigenvalue weighted by atomic mass is 16.5. The summed E-state index contributed by atoms with van der Waals surface area (Å²) in [6, 6.07) is 0. The van der Waals surface area contributed by atoms with E-state index in [1.54, 1.807) is 0 Å². The lowest BCUT2D eigenvalue weighted by molar-refractivity contribution is -0.141. The fourth-order valence-corrected chi connectivity index (χ4v) is 3.48. The third-order valence-electron chi connectivity index (χ3n) is 5.25. The number of ether oxygens (including phenoxy) is 1. The van der Waals surface area contributed by atoms with Crippen molar-refractivity contribution < 1.29 is 19.4 Å². The molecule has 4 nitrogen and oxygen atoms in total. The van der Waals surface area contributed by atoms with Crippen LogP contribution in [-0.2, 0) is 14.3 Å². The molecule has 0 atom stereocenters. The highest BCUT2D eigenvalue weighted by Crippen LogP contribution is 2.14. The van der Waals surface area contributed by atoms with E-state index in [1.807, 2.05) is 0 Å². The summed E-state index contributed by atoms with van der Waals surface area (Å²) in [6.45, 7) is 0. The molecule has 0 spiro atoms. The van der Waals surface area contributed by atoms with Crippen molar-refractivity contribution in [1.82, 2.24) is 0 Å². The molecule has 0 unspecified atom stereocenters. The van der Waals surface area contributed by atoms with Crippen molar-refractivity contribution >= 4 is 11.9 Å². The van der Waals surface area contributed by atoms with Gasteiger partial charge in [0.2, 0.25) is 0 Å². The molecule has 0 aliphatic heterocycles. The number of aliphatic carboxylic acids is 1. The fourth-order valence-electron chi connectivity index (χ4n) is 3.48. The van der Waals surface area contributed by atoms with Crippen LogP contribution in [0.2, 0.25) is 0 Å². The van der Waals surface area contributed by atoms with Gasteiger partial charge in [-0.25, -0.2) is 0 Å². The van der Waals surface area contributed by atoms with Gasteiger partial charge in [-0.2, -0.15) is 0 Å². The molecule has 0 rings (SSSR count). The smallest absolute Gasteiger partial charge is 0.305 e. The Morgan fingerprint density at radius 1 is 0.519 bits per heavy atom. The molecule has 0 aromatic heterocycles. The van der Waals surface area contributed by atoms with E-state index in [9.17, 15) is 9.59 Å². The molecule has 1 N–H and O–H groups in total. The van der Waals surface area contributed by atoms with Crippen LogP contribution in [0.15, 0.2) is 0 Å². The van der Waals surface area contributed by atoms with Gasteiger partial charge in [0.15, 0.2) is 0 Å². The largest absolute Gasteiger partial charge is 0.481 e. The molecule has 0 saturated carbocycles. The Bertz CT molecular complexity index is 341. The van der Waals surface area contributed by atoms with Crippen LogP contribution in [0.25, 0.3) is 0 Å². The number of hydrogen-bond acceptors (Lipinski definition) is 3. The zero-order chi connectivity index (χ0) is 20.0. The molecule has 0 aromatic carbocycles. The number of rotatable bonds is 21. The average molecular weight is 385 g/mol. The van der Waals surface area contributed by atoms with E-state index >= 15 is 0 Å². The molecule has 0 amide bonds. The molecule has 0 radical (unpaired) electrons. The van der Waals surface area contributed by atoms with Gasteiger partial charge in [-0.15, -0.1) is 0 Å². The molecule has 0 aromatic rings. The monoisotopic (exact) mass is 384 g/mol. The molecule has 4 heteroatoms. The third kappa shape index (κ3) is 22.9. The van der Waals surface area contributed by atoms with E-state index in [-0.39, 0.29) is 5.97 Å². The summed E-state index contributed by atoms with van der Waals surface area (Å²) in [5.41, 5.74) is 0. The topological polar surface area (TPSA) is 63.6 Å². The first kappa shape index (κ1) is 25.9. The van der Waals surface area contributed by atoms with E-state index < -0.39 is 5.97 Å². The van der Waals surface area contributed by atoms with Crippen molar-refractivity contribution in [3.05, 3.63) is 0 Å². The molecule has 0 heterocycles. The van der Waals surface area contributed by atoms with Gasteiger partial charge >= 0.3 is 11.9 Å². The number of hydrogen-bond donors (Lipinski definition) is 1. The summed E-state index contributed by atoms with van der Waals surface area (Å²) in [5, 5.41) is 8.57. The van der Waals surface area contributed by atoms with Gasteiger partial charge in [0.1, 0.15) is 0 Å². The molecule has 0 saturated heterocycles. The maximum atomic E-state index is 11.0. The summed E-state index contributed by atoms with van der Waals surface area (Å²) < 4.78 is 4.64. The van der Waals surface area contributed by atoms with E-state index in [2.05, 4.69) is 4.74 Å². The van der Waals surface area contributed by atoms with Crippen LogP contribution in [0.1, 0.15) is 128 Å². The van der Waals surface area contributed by atoms with Crippen LogP contribution >= 0.6 is 0 Å². The first-order chi connectivity index (χ1) is 13.2. The van der Waals surface area contributed by atoms with Gasteiger partial charge in [-0.1, -0.05) is 103 Å². The van der Waals surface area contributed by atoms with Crippen LogP contribution in [0.4, 0.5) is 0 Å². The van der Waals surface area contributed by atoms with Gasteiger partial charge in [0.25, 0.3) is 0 Å². The Morgan fingerprint density at radius 3 is 1.04 bits per heavy atom. The number of carboxylic acids is 1. The Balaban J connectivity index is 3.03. The van der Waals surface area contributed by atoms with Gasteiger partial charge in [0, 0.05) is 12.8 Å². The third-order valence-corrected chi connectivity index (χ3v) is 5.25. The van der Waals surface area contributed by atoms with Gasteiger partial charge in [0.05, 0.1) is 7.11 Å². The Kier molecular flexibility index (Phi) is 20.4. The molecule has 0 bridgehead atoms. The molecule has 0 aliphatic carbocycles. The molecular weight excluding hydrogens is 340 g/mol. The van der Waals surface area contributed by atoms with Crippen LogP contribution in [0.3, 0.4) is 0 Å². The fraction of sp³-hybridized carbons (Fsp3) is 0.913. The van der Waals surface area contributed by atoms with Crippen molar-refractivity contribution in [2.75, 3.05) is 7.11 Å². The van der Waals surface area contributed by atoms with E-state index in [4.69, 9.17) is 5.11 Å². The Morgan fingerprint density at radius 2 is 0.778 bits per heavy atom. The maximum Gasteiger partial charge on any atom is 0.305 e. The first-order valence-electron chi connectivity index (χ1n) is 11.5. The van der Waals surface area contributed by atoms with Crippen molar-refractivity contribution in [2.24, 2.45) is 0 Å². The standard InChI is InChI=1S/C23H44O4/c1-27-23(26)21-19-17-15-13-11-9-7-5-3-2-4-6-8-10-12-14-16-18-20-22(24)25/h2-21H2,1H3,(H,24,25). The number of carboxylic acid groups (broad SMARTS) is 1. The summed E-state index contributed by atoms with van der Waals surface area (Å²) in [6.07, 6.45) is 23.5. The lowest BCUT2D eigenvalue weighted by Crippen LogP contribution is -1.99. The first-order valence-corrected chi connectivity index (χ1v) is 11.5. The average Bonchev–Trinajstić information content (AvgIpc) is 2.65. The van der Waals surface area contributed by atoms with E-state index in [0.717, 1.165) is 25.7 Å². The summed E-state index contributed by atoms with van der Waals surface area (Å²) in [7, 11) is 1.46. The molecule has 0 aliphatic rings. The molecule has 160 valence electrons. The minimum Gasteiger partial charge on any atom is -0.481 e. The zero-order valence-electron chi connectivity index (χ0n) is 17.8. The second-order valence-electron chi connectivity index (χ2n) is 7.83. The Labute approximate surface area is 167 Å². The number of methoxy groups -OCH3 is 1. The molecule has 0 fully saturated rings. The SMILES string of the molecule is COC(=O)CCCCCCCCCCCCCCCCCCCCC(=O)O. The quantitative estimate of drug-likeness (QED) is 0.170. The zero-order valence-corrected chi connectivity index (χ0v) is 17.8. The number of unbranched alkanes of at least 4 members (excludes halogenated alkanes) is 17. The van der Waals surface area contributed by atoms with E-state index in [1.165, 1.54) is 97.0 Å². The van der Waals surface area contributed by atoms with Crippen LogP contribution in [-0.4, -0.2) is 24.2 Å². The maximum absolute atomic E-state index is 11.0. The molecule has 27 heavy (non-hydrogen) atoms.